The Hall–Kier alpha value is -3.05. The molecule has 0 aliphatic heterocycles. The number of phosphoric ester groups is 1. The normalized spacial score (nSPS) is 11.4. The van der Waals surface area contributed by atoms with E-state index in [1.807, 2.05) is 52.0 Å². The highest BCUT2D eigenvalue weighted by atomic mass is 31.2. The van der Waals surface area contributed by atoms with E-state index in [1.54, 1.807) is 13.8 Å². The predicted octanol–water partition coefficient (Wildman–Crippen LogP) is 5.47. The van der Waals surface area contributed by atoms with Crippen LogP contribution in [0.25, 0.3) is 0 Å². The number of hydrogen-bond acceptors (Lipinski definition) is 4. The average molecular weight is 466 g/mol. The molecular formula is C26H27O6P. The molecule has 0 fully saturated rings. The molecule has 0 amide bonds. The Morgan fingerprint density at radius 2 is 1.12 bits per heavy atom. The molecule has 7 heteroatoms. The lowest BCUT2D eigenvalue weighted by atomic mass is 9.86. The van der Waals surface area contributed by atoms with Crippen LogP contribution in [0, 0.1) is 41.5 Å². The van der Waals surface area contributed by atoms with Crippen LogP contribution in [-0.4, -0.2) is 21.4 Å². The number of carbonyl (C=O) groups excluding carboxylic acids is 2. The van der Waals surface area contributed by atoms with Gasteiger partial charge in [-0.1, -0.05) is 47.5 Å². The zero-order valence-corrected chi connectivity index (χ0v) is 20.4. The lowest BCUT2D eigenvalue weighted by Gasteiger charge is -2.18. The van der Waals surface area contributed by atoms with Crippen molar-refractivity contribution in [2.75, 3.05) is 0 Å². The Bertz CT molecular complexity index is 1290. The highest BCUT2D eigenvalue weighted by Gasteiger charge is 2.30. The molecule has 0 aromatic heterocycles. The van der Waals surface area contributed by atoms with Gasteiger partial charge in [-0.2, -0.15) is 0 Å². The van der Waals surface area contributed by atoms with E-state index in [9.17, 15) is 23.9 Å². The quantitative estimate of drug-likeness (QED) is 0.369. The molecule has 2 N–H and O–H groups in total. The minimum Gasteiger partial charge on any atom is -0.403 e. The molecule has 0 aliphatic carbocycles. The van der Waals surface area contributed by atoms with E-state index in [0.29, 0.717) is 22.3 Å². The van der Waals surface area contributed by atoms with E-state index in [-0.39, 0.29) is 16.9 Å². The van der Waals surface area contributed by atoms with Crippen molar-refractivity contribution in [3.63, 3.8) is 0 Å². The Morgan fingerprint density at radius 1 is 0.697 bits per heavy atom. The third-order valence-electron chi connectivity index (χ3n) is 5.52. The molecule has 0 heterocycles. The predicted molar refractivity (Wildman–Crippen MR) is 127 cm³/mol. The molecule has 0 unspecified atom stereocenters. The highest BCUT2D eigenvalue weighted by molar-refractivity contribution is 7.46. The summed E-state index contributed by atoms with van der Waals surface area (Å²) in [7, 11) is -4.99. The summed E-state index contributed by atoms with van der Waals surface area (Å²) in [6, 6.07) is 11.7. The maximum atomic E-state index is 13.8. The molecule has 3 aromatic carbocycles. The Morgan fingerprint density at radius 3 is 1.55 bits per heavy atom. The first-order chi connectivity index (χ1) is 15.3. The number of hydrogen-bond donors (Lipinski definition) is 2. The molecule has 3 rings (SSSR count). The molecule has 0 aliphatic rings. The van der Waals surface area contributed by atoms with Gasteiger partial charge in [0.25, 0.3) is 0 Å². The van der Waals surface area contributed by atoms with Crippen molar-refractivity contribution >= 4 is 19.4 Å². The van der Waals surface area contributed by atoms with Gasteiger partial charge in [-0.05, 0) is 69.9 Å². The summed E-state index contributed by atoms with van der Waals surface area (Å²) >= 11 is 0. The fraction of sp³-hybridized carbons (Fsp3) is 0.231. The summed E-state index contributed by atoms with van der Waals surface area (Å²) in [6.07, 6.45) is 0. The maximum Gasteiger partial charge on any atom is 0.524 e. The van der Waals surface area contributed by atoms with Crippen LogP contribution >= 0.6 is 7.82 Å². The number of ketones is 2. The van der Waals surface area contributed by atoms with Gasteiger partial charge in [-0.15, -0.1) is 0 Å². The summed E-state index contributed by atoms with van der Waals surface area (Å²) in [5, 5.41) is 0. The van der Waals surface area contributed by atoms with E-state index in [1.165, 1.54) is 18.2 Å². The number of carbonyl (C=O) groups is 2. The van der Waals surface area contributed by atoms with E-state index < -0.39 is 19.4 Å². The second-order valence-corrected chi connectivity index (χ2v) is 9.63. The third-order valence-corrected chi connectivity index (χ3v) is 5.96. The molecule has 0 atom stereocenters. The molecule has 172 valence electrons. The number of phosphoric acid groups is 1. The number of rotatable bonds is 6. The zero-order valence-electron chi connectivity index (χ0n) is 19.5. The van der Waals surface area contributed by atoms with Crippen molar-refractivity contribution in [1.82, 2.24) is 0 Å². The lowest BCUT2D eigenvalue weighted by molar-refractivity contribution is 0.1000. The van der Waals surface area contributed by atoms with Crippen molar-refractivity contribution in [1.29, 1.82) is 0 Å². The van der Waals surface area contributed by atoms with Gasteiger partial charge < -0.3 is 4.52 Å². The van der Waals surface area contributed by atoms with Crippen LogP contribution in [-0.2, 0) is 4.57 Å². The topological polar surface area (TPSA) is 101 Å². The SMILES string of the molecule is Cc1cc(C)c(C(=O)c2cccc(OP(=O)(O)O)c2C(=O)c2c(C)cc(C)cc2C)c(C)c1. The standard InChI is InChI=1S/C26H27O6P/c1-14-10-16(3)22(17(4)11-14)25(27)20-8-7-9-21(32-33(29,30)31)24(20)26(28)23-18(5)12-15(2)13-19(23)6/h7-13H,1-6H3,(H2,29,30,31). The smallest absolute Gasteiger partial charge is 0.403 e. The van der Waals surface area contributed by atoms with Gasteiger partial charge in [-0.25, -0.2) is 4.57 Å². The molecule has 6 nitrogen and oxygen atoms in total. The zero-order chi connectivity index (χ0) is 24.7. The fourth-order valence-corrected chi connectivity index (χ4v) is 4.90. The third kappa shape index (κ3) is 5.14. The van der Waals surface area contributed by atoms with Gasteiger partial charge in [0.05, 0.1) is 5.56 Å². The summed E-state index contributed by atoms with van der Waals surface area (Å²) in [6.45, 7) is 11.1. The van der Waals surface area contributed by atoms with E-state index in [2.05, 4.69) is 0 Å². The molecule has 0 saturated heterocycles. The van der Waals surface area contributed by atoms with Crippen molar-refractivity contribution in [2.24, 2.45) is 0 Å². The van der Waals surface area contributed by atoms with Crippen LogP contribution in [0.15, 0.2) is 42.5 Å². The van der Waals surface area contributed by atoms with Gasteiger partial charge in [0.15, 0.2) is 11.6 Å². The van der Waals surface area contributed by atoms with E-state index in [4.69, 9.17) is 4.52 Å². The van der Waals surface area contributed by atoms with Crippen molar-refractivity contribution in [2.45, 2.75) is 41.5 Å². The van der Waals surface area contributed by atoms with Crippen LogP contribution < -0.4 is 4.52 Å². The van der Waals surface area contributed by atoms with Gasteiger partial charge in [-0.3, -0.25) is 19.4 Å². The van der Waals surface area contributed by atoms with E-state index >= 15 is 0 Å². The summed E-state index contributed by atoms with van der Waals surface area (Å²) in [5.41, 5.74) is 5.55. The summed E-state index contributed by atoms with van der Waals surface area (Å²) < 4.78 is 16.5. The van der Waals surface area contributed by atoms with Crippen LogP contribution in [0.5, 0.6) is 5.75 Å². The van der Waals surface area contributed by atoms with Crippen molar-refractivity contribution in [3.05, 3.63) is 98.1 Å². The van der Waals surface area contributed by atoms with Crippen molar-refractivity contribution < 1.29 is 28.5 Å². The Balaban J connectivity index is 2.32. The first kappa shape index (κ1) is 24.6. The van der Waals surface area contributed by atoms with Crippen LogP contribution in [0.2, 0.25) is 0 Å². The number of benzene rings is 3. The monoisotopic (exact) mass is 466 g/mol. The summed E-state index contributed by atoms with van der Waals surface area (Å²) in [5.74, 6) is -1.27. The maximum absolute atomic E-state index is 13.8. The van der Waals surface area contributed by atoms with Gasteiger partial charge in [0, 0.05) is 16.7 Å². The van der Waals surface area contributed by atoms with Crippen LogP contribution in [0.4, 0.5) is 0 Å². The highest BCUT2D eigenvalue weighted by Crippen LogP contribution is 2.41. The average Bonchev–Trinajstić information content (AvgIpc) is 2.64. The first-order valence-electron chi connectivity index (χ1n) is 10.4. The minimum absolute atomic E-state index is 0.0281. The Kier molecular flexibility index (Phi) is 6.75. The minimum atomic E-state index is -4.99. The Labute approximate surface area is 193 Å². The molecule has 3 aromatic rings. The van der Waals surface area contributed by atoms with Crippen LogP contribution in [0.1, 0.15) is 65.2 Å². The summed E-state index contributed by atoms with van der Waals surface area (Å²) in [4.78, 5) is 46.4. The van der Waals surface area contributed by atoms with E-state index in [0.717, 1.165) is 22.3 Å². The lowest BCUT2D eigenvalue weighted by Crippen LogP contribution is -2.16. The van der Waals surface area contributed by atoms with Gasteiger partial charge in [0.1, 0.15) is 5.75 Å². The molecule has 0 radical (unpaired) electrons. The van der Waals surface area contributed by atoms with Crippen LogP contribution in [0.3, 0.4) is 0 Å². The fourth-order valence-electron chi connectivity index (χ4n) is 4.49. The molecular weight excluding hydrogens is 439 g/mol. The van der Waals surface area contributed by atoms with Gasteiger partial charge in [0.2, 0.25) is 0 Å². The largest absolute Gasteiger partial charge is 0.524 e. The number of aryl methyl sites for hydroxylation is 6. The molecule has 33 heavy (non-hydrogen) atoms. The van der Waals surface area contributed by atoms with Gasteiger partial charge >= 0.3 is 7.82 Å². The first-order valence-corrected chi connectivity index (χ1v) is 12.0. The second kappa shape index (κ2) is 9.06. The molecule has 0 spiro atoms. The molecule has 0 saturated carbocycles. The molecule has 0 bridgehead atoms. The second-order valence-electron chi connectivity index (χ2n) is 8.47. The van der Waals surface area contributed by atoms with Crippen molar-refractivity contribution in [3.8, 4) is 5.75 Å².